The first kappa shape index (κ1) is 21.1. The fraction of sp³-hybridized carbons (Fsp3) is 0.182. The van der Waals surface area contributed by atoms with Gasteiger partial charge in [-0.1, -0.05) is 41.9 Å². The standard InChI is InChI=1S/C22H19ClN4O3/c1-13-17(12-24)21(28)27(14(2)15-7-5-4-6-8-15)22(29)20(13)26-25-18-11-16(23)9-10-19(18)30-3/h4-11,14,28H,1-3H3. The number of methoxy groups -OCH3 is 1. The zero-order chi connectivity index (χ0) is 21.8. The van der Waals surface area contributed by atoms with E-state index in [1.807, 2.05) is 36.4 Å². The van der Waals surface area contributed by atoms with Gasteiger partial charge in [-0.15, -0.1) is 10.2 Å². The lowest BCUT2D eigenvalue weighted by molar-refractivity contribution is 0.393. The summed E-state index contributed by atoms with van der Waals surface area (Å²) in [6.07, 6.45) is 0. The highest BCUT2D eigenvalue weighted by molar-refractivity contribution is 6.30. The summed E-state index contributed by atoms with van der Waals surface area (Å²) in [7, 11) is 1.48. The average molecular weight is 423 g/mol. The fourth-order valence-electron chi connectivity index (χ4n) is 3.11. The van der Waals surface area contributed by atoms with Gasteiger partial charge in [-0.25, -0.2) is 0 Å². The van der Waals surface area contributed by atoms with Gasteiger partial charge in [-0.2, -0.15) is 5.26 Å². The summed E-state index contributed by atoms with van der Waals surface area (Å²) in [6, 6.07) is 15.4. The molecule has 1 atom stereocenters. The lowest BCUT2D eigenvalue weighted by atomic mass is 10.1. The van der Waals surface area contributed by atoms with Gasteiger partial charge in [0, 0.05) is 10.6 Å². The maximum atomic E-state index is 13.2. The molecule has 0 saturated carbocycles. The molecule has 0 aliphatic heterocycles. The third kappa shape index (κ3) is 3.91. The van der Waals surface area contributed by atoms with E-state index in [2.05, 4.69) is 10.2 Å². The minimum Gasteiger partial charge on any atom is -0.494 e. The first-order valence-electron chi connectivity index (χ1n) is 9.07. The minimum atomic E-state index is -0.565. The van der Waals surface area contributed by atoms with Crippen molar-refractivity contribution >= 4 is 23.0 Å². The molecule has 8 heteroatoms. The third-order valence-corrected chi connectivity index (χ3v) is 5.02. The summed E-state index contributed by atoms with van der Waals surface area (Å²) in [5, 5.41) is 28.9. The van der Waals surface area contributed by atoms with Crippen LogP contribution in [0.3, 0.4) is 0 Å². The summed E-state index contributed by atoms with van der Waals surface area (Å²) in [5.41, 5.74) is 0.713. The van der Waals surface area contributed by atoms with Crippen molar-refractivity contribution in [3.8, 4) is 17.7 Å². The molecule has 0 radical (unpaired) electrons. The molecule has 1 unspecified atom stereocenters. The normalized spacial score (nSPS) is 12.0. The number of benzene rings is 2. The number of aromatic hydroxyl groups is 1. The highest BCUT2D eigenvalue weighted by Gasteiger charge is 2.23. The lowest BCUT2D eigenvalue weighted by Gasteiger charge is -2.19. The molecular weight excluding hydrogens is 404 g/mol. The van der Waals surface area contributed by atoms with Crippen LogP contribution in [0, 0.1) is 18.3 Å². The van der Waals surface area contributed by atoms with Gasteiger partial charge in [-0.3, -0.25) is 9.36 Å². The first-order valence-corrected chi connectivity index (χ1v) is 9.45. The van der Waals surface area contributed by atoms with E-state index in [0.717, 1.165) is 10.1 Å². The van der Waals surface area contributed by atoms with Crippen LogP contribution in [0.1, 0.15) is 29.7 Å². The Kier molecular flexibility index (Phi) is 6.19. The molecule has 30 heavy (non-hydrogen) atoms. The van der Waals surface area contributed by atoms with Crippen molar-refractivity contribution in [2.75, 3.05) is 7.11 Å². The molecule has 152 valence electrons. The Balaban J connectivity index is 2.20. The number of rotatable bonds is 5. The van der Waals surface area contributed by atoms with Gasteiger partial charge < -0.3 is 9.84 Å². The quantitative estimate of drug-likeness (QED) is 0.554. The van der Waals surface area contributed by atoms with Gasteiger partial charge in [0.25, 0.3) is 5.56 Å². The molecule has 1 N–H and O–H groups in total. The van der Waals surface area contributed by atoms with Crippen LogP contribution in [0.2, 0.25) is 5.02 Å². The molecule has 0 aliphatic rings. The monoisotopic (exact) mass is 422 g/mol. The van der Waals surface area contributed by atoms with Crippen molar-refractivity contribution in [1.82, 2.24) is 4.57 Å². The van der Waals surface area contributed by atoms with Crippen molar-refractivity contribution in [3.05, 3.63) is 80.6 Å². The van der Waals surface area contributed by atoms with Crippen molar-refractivity contribution in [3.63, 3.8) is 0 Å². The maximum absolute atomic E-state index is 13.2. The van der Waals surface area contributed by atoms with Gasteiger partial charge in [-0.05, 0) is 37.6 Å². The Morgan fingerprint density at radius 1 is 1.20 bits per heavy atom. The Bertz CT molecular complexity index is 1210. The molecule has 0 aliphatic carbocycles. The van der Waals surface area contributed by atoms with Crippen LogP contribution in [-0.4, -0.2) is 16.8 Å². The molecule has 0 bridgehead atoms. The van der Waals surface area contributed by atoms with Gasteiger partial charge in [0.05, 0.1) is 13.2 Å². The Labute approximate surface area is 178 Å². The molecule has 7 nitrogen and oxygen atoms in total. The molecule has 0 saturated heterocycles. The number of azo groups is 1. The van der Waals surface area contributed by atoms with E-state index in [1.54, 1.807) is 32.0 Å². The molecule has 2 aromatic carbocycles. The van der Waals surface area contributed by atoms with E-state index < -0.39 is 17.5 Å². The van der Waals surface area contributed by atoms with Crippen molar-refractivity contribution in [2.45, 2.75) is 19.9 Å². The van der Waals surface area contributed by atoms with Crippen molar-refractivity contribution in [1.29, 1.82) is 5.26 Å². The second-order valence-corrected chi connectivity index (χ2v) is 7.00. The zero-order valence-corrected chi connectivity index (χ0v) is 17.4. The summed E-state index contributed by atoms with van der Waals surface area (Å²) in [5.74, 6) is 0.0220. The van der Waals surface area contributed by atoms with Crippen LogP contribution in [0.15, 0.2) is 63.6 Å². The molecule has 3 rings (SSSR count). The number of aromatic nitrogens is 1. The fourth-order valence-corrected chi connectivity index (χ4v) is 3.28. The molecule has 0 amide bonds. The Morgan fingerprint density at radius 2 is 1.90 bits per heavy atom. The van der Waals surface area contributed by atoms with Gasteiger partial charge in [0.2, 0.25) is 5.88 Å². The van der Waals surface area contributed by atoms with E-state index in [1.165, 1.54) is 7.11 Å². The predicted molar refractivity (Wildman–Crippen MR) is 114 cm³/mol. The average Bonchev–Trinajstić information content (AvgIpc) is 2.74. The molecule has 3 aromatic rings. The van der Waals surface area contributed by atoms with E-state index in [4.69, 9.17) is 16.3 Å². The van der Waals surface area contributed by atoms with Crippen LogP contribution in [0.25, 0.3) is 0 Å². The predicted octanol–water partition coefficient (Wildman–Crippen LogP) is 5.42. The van der Waals surface area contributed by atoms with E-state index in [9.17, 15) is 15.2 Å². The van der Waals surface area contributed by atoms with Crippen molar-refractivity contribution in [2.24, 2.45) is 10.2 Å². The molecule has 0 fully saturated rings. The van der Waals surface area contributed by atoms with Crippen LogP contribution in [-0.2, 0) is 0 Å². The molecular formula is C22H19ClN4O3. The topological polar surface area (TPSA) is 100.0 Å². The van der Waals surface area contributed by atoms with Crippen LogP contribution in [0.5, 0.6) is 11.6 Å². The smallest absolute Gasteiger partial charge is 0.282 e. The number of halogens is 1. The highest BCUT2D eigenvalue weighted by Crippen LogP contribution is 2.34. The van der Waals surface area contributed by atoms with Crippen LogP contribution in [0.4, 0.5) is 11.4 Å². The molecule has 0 spiro atoms. The summed E-state index contributed by atoms with van der Waals surface area (Å²) in [6.45, 7) is 3.30. The van der Waals surface area contributed by atoms with Gasteiger partial charge in [0.1, 0.15) is 23.1 Å². The second kappa shape index (κ2) is 8.80. The highest BCUT2D eigenvalue weighted by atomic mass is 35.5. The van der Waals surface area contributed by atoms with Crippen LogP contribution >= 0.6 is 11.6 Å². The number of hydrogen-bond acceptors (Lipinski definition) is 6. The minimum absolute atomic E-state index is 0.0376. The van der Waals surface area contributed by atoms with Crippen molar-refractivity contribution < 1.29 is 9.84 Å². The van der Waals surface area contributed by atoms with Gasteiger partial charge >= 0.3 is 0 Å². The van der Waals surface area contributed by atoms with E-state index in [-0.39, 0.29) is 16.8 Å². The number of pyridine rings is 1. The first-order chi connectivity index (χ1) is 14.4. The maximum Gasteiger partial charge on any atom is 0.282 e. The Hall–Kier alpha value is -3.63. The largest absolute Gasteiger partial charge is 0.494 e. The summed E-state index contributed by atoms with van der Waals surface area (Å²) < 4.78 is 6.39. The SMILES string of the molecule is COc1ccc(Cl)cc1N=Nc1c(C)c(C#N)c(O)n(C(C)c2ccccc2)c1=O. The lowest BCUT2D eigenvalue weighted by Crippen LogP contribution is -2.25. The molecule has 1 aromatic heterocycles. The van der Waals surface area contributed by atoms with Gasteiger partial charge in [0.15, 0.2) is 5.69 Å². The van der Waals surface area contributed by atoms with E-state index in [0.29, 0.717) is 16.5 Å². The third-order valence-electron chi connectivity index (χ3n) is 4.78. The second-order valence-electron chi connectivity index (χ2n) is 6.56. The summed E-state index contributed by atoms with van der Waals surface area (Å²) >= 11 is 6.02. The van der Waals surface area contributed by atoms with E-state index >= 15 is 0 Å². The number of nitrogens with zero attached hydrogens (tertiary/aromatic N) is 4. The summed E-state index contributed by atoms with van der Waals surface area (Å²) in [4.78, 5) is 13.2. The number of hydrogen-bond donors (Lipinski definition) is 1. The van der Waals surface area contributed by atoms with Crippen LogP contribution < -0.4 is 10.3 Å². The molecule has 1 heterocycles. The number of nitriles is 1. The Morgan fingerprint density at radius 3 is 2.53 bits per heavy atom. The number of ether oxygens (including phenoxy) is 1. The zero-order valence-electron chi connectivity index (χ0n) is 16.6.